The first-order chi connectivity index (χ1) is 22.5. The van der Waals surface area contributed by atoms with Crippen molar-refractivity contribution < 1.29 is 19.1 Å². The number of carbonyl (C=O) groups is 2. The molecule has 0 heterocycles. The Bertz CT molecular complexity index is 1700. The quantitative estimate of drug-likeness (QED) is 0.204. The topological polar surface area (TPSA) is 52.6 Å². The Kier molecular flexibility index (Phi) is 9.82. The van der Waals surface area contributed by atoms with Crippen LogP contribution in [0, 0.1) is 0 Å². The van der Waals surface area contributed by atoms with E-state index in [-0.39, 0.29) is 17.1 Å². The molecular formula is C42H44O4. The molecule has 3 aliphatic rings. The Hall–Kier alpha value is -4.44. The molecule has 3 aliphatic carbocycles. The molecule has 0 amide bonds. The fraction of sp³-hybridized carbons (Fsp3) is 0.333. The van der Waals surface area contributed by atoms with Gasteiger partial charge in [0.15, 0.2) is 5.78 Å². The van der Waals surface area contributed by atoms with Gasteiger partial charge in [-0.05, 0) is 115 Å². The molecule has 0 fully saturated rings. The molecular weight excluding hydrogens is 568 g/mol. The van der Waals surface area contributed by atoms with E-state index >= 15 is 0 Å². The Morgan fingerprint density at radius 1 is 0.674 bits per heavy atom. The monoisotopic (exact) mass is 612 g/mol. The molecule has 4 aromatic rings. The van der Waals surface area contributed by atoms with Crippen molar-refractivity contribution in [1.82, 2.24) is 0 Å². The Balaban J connectivity index is 0.000000164. The fourth-order valence-electron chi connectivity index (χ4n) is 7.74. The van der Waals surface area contributed by atoms with Crippen molar-refractivity contribution in [1.29, 1.82) is 0 Å². The minimum Gasteiger partial charge on any atom is -0.497 e. The van der Waals surface area contributed by atoms with Crippen LogP contribution in [0.2, 0.25) is 0 Å². The lowest BCUT2D eigenvalue weighted by Crippen LogP contribution is -2.35. The summed E-state index contributed by atoms with van der Waals surface area (Å²) in [5.74, 6) is 2.43. The van der Waals surface area contributed by atoms with Crippen LogP contribution >= 0.6 is 0 Å². The van der Waals surface area contributed by atoms with Gasteiger partial charge in [-0.3, -0.25) is 9.59 Å². The maximum Gasteiger partial charge on any atom is 0.155 e. The number of hydrogen-bond donors (Lipinski definition) is 0. The fourth-order valence-corrected chi connectivity index (χ4v) is 7.74. The third-order valence-electron chi connectivity index (χ3n) is 10.1. The van der Waals surface area contributed by atoms with E-state index < -0.39 is 0 Å². The van der Waals surface area contributed by atoms with Crippen LogP contribution in [0.25, 0.3) is 0 Å². The van der Waals surface area contributed by atoms with Crippen LogP contribution < -0.4 is 9.47 Å². The van der Waals surface area contributed by atoms with Gasteiger partial charge in [-0.1, -0.05) is 78.4 Å². The van der Waals surface area contributed by atoms with Crippen LogP contribution in [0.4, 0.5) is 0 Å². The molecule has 0 saturated heterocycles. The molecule has 236 valence electrons. The minimum absolute atomic E-state index is 0.0178. The van der Waals surface area contributed by atoms with Gasteiger partial charge in [-0.15, -0.1) is 0 Å². The smallest absolute Gasteiger partial charge is 0.155 e. The van der Waals surface area contributed by atoms with Crippen molar-refractivity contribution in [2.45, 2.75) is 75.5 Å². The summed E-state index contributed by atoms with van der Waals surface area (Å²) in [6.45, 7) is 0. The maximum atomic E-state index is 12.5. The summed E-state index contributed by atoms with van der Waals surface area (Å²) in [7, 11) is 3.41. The average Bonchev–Trinajstić information content (AvgIpc) is 3.34. The number of allylic oxidation sites excluding steroid dienone is 2. The van der Waals surface area contributed by atoms with Crippen LogP contribution in [-0.2, 0) is 40.7 Å². The lowest BCUT2D eigenvalue weighted by atomic mass is 9.63. The van der Waals surface area contributed by atoms with Crippen LogP contribution in [-0.4, -0.2) is 25.8 Å². The molecule has 4 heteroatoms. The molecule has 2 unspecified atom stereocenters. The van der Waals surface area contributed by atoms with Gasteiger partial charge >= 0.3 is 0 Å². The van der Waals surface area contributed by atoms with Gasteiger partial charge in [0.1, 0.15) is 17.3 Å². The van der Waals surface area contributed by atoms with Crippen molar-refractivity contribution in [2.75, 3.05) is 14.2 Å². The molecule has 4 nitrogen and oxygen atoms in total. The van der Waals surface area contributed by atoms with E-state index in [9.17, 15) is 9.59 Å². The summed E-state index contributed by atoms with van der Waals surface area (Å²) >= 11 is 0. The van der Waals surface area contributed by atoms with Crippen molar-refractivity contribution in [3.8, 4) is 11.5 Å². The number of carbonyl (C=O) groups excluding carboxylic acids is 2. The summed E-state index contributed by atoms with van der Waals surface area (Å²) in [6, 6.07) is 33.6. The van der Waals surface area contributed by atoms with Gasteiger partial charge in [-0.25, -0.2) is 0 Å². The standard InChI is InChI=1S/C23H24O2.C19H20O2/c1-25-21-10-11-22-18(14-21)8-5-9-19-15-20(24)12-13-23(19,22)16-17-6-3-2-4-7-17;1-21-16-10-11-17-15(13-16)8-5-9-19(20)18(17)12-14-6-3-2-4-7-14/h2-4,6-7,10-11,14-15H,5,8-9,12-13,16H2,1H3;2-4,6-7,10-11,13,18H,5,8-9,12H2,1H3. The molecule has 4 aromatic carbocycles. The number of Topliss-reactive ketones (excluding diaryl/α,β-unsaturated/α-hetero) is 1. The predicted molar refractivity (Wildman–Crippen MR) is 184 cm³/mol. The van der Waals surface area contributed by atoms with Crippen LogP contribution in [0.15, 0.2) is 109 Å². The summed E-state index contributed by atoms with van der Waals surface area (Å²) < 4.78 is 10.8. The molecule has 7 rings (SSSR count). The number of ether oxygens (including phenoxy) is 2. The van der Waals surface area contributed by atoms with Crippen LogP contribution in [0.1, 0.15) is 77.8 Å². The molecule has 0 spiro atoms. The summed E-state index contributed by atoms with van der Waals surface area (Å²) in [5, 5.41) is 0. The largest absolute Gasteiger partial charge is 0.497 e. The molecule has 0 radical (unpaired) electrons. The highest BCUT2D eigenvalue weighted by atomic mass is 16.5. The number of methoxy groups -OCH3 is 2. The van der Waals surface area contributed by atoms with Crippen molar-refractivity contribution in [2.24, 2.45) is 0 Å². The second-order valence-electron chi connectivity index (χ2n) is 12.9. The molecule has 0 saturated carbocycles. The average molecular weight is 613 g/mol. The highest BCUT2D eigenvalue weighted by Crippen LogP contribution is 2.48. The first-order valence-corrected chi connectivity index (χ1v) is 16.7. The molecule has 0 bridgehead atoms. The van der Waals surface area contributed by atoms with E-state index in [4.69, 9.17) is 9.47 Å². The maximum absolute atomic E-state index is 12.5. The third-order valence-corrected chi connectivity index (χ3v) is 10.1. The van der Waals surface area contributed by atoms with E-state index in [0.29, 0.717) is 18.6 Å². The highest BCUT2D eigenvalue weighted by Gasteiger charge is 2.41. The van der Waals surface area contributed by atoms with Crippen LogP contribution in [0.3, 0.4) is 0 Å². The zero-order valence-electron chi connectivity index (χ0n) is 27.1. The second-order valence-corrected chi connectivity index (χ2v) is 12.9. The number of rotatable bonds is 6. The van der Waals surface area contributed by atoms with E-state index in [1.807, 2.05) is 30.3 Å². The van der Waals surface area contributed by atoms with Gasteiger partial charge in [0.25, 0.3) is 0 Å². The number of benzene rings is 4. The number of fused-ring (bicyclic) bond motifs is 4. The van der Waals surface area contributed by atoms with Gasteiger partial charge in [-0.2, -0.15) is 0 Å². The lowest BCUT2D eigenvalue weighted by Gasteiger charge is -2.39. The van der Waals surface area contributed by atoms with E-state index in [1.165, 1.54) is 39.0 Å². The Labute approximate surface area is 273 Å². The summed E-state index contributed by atoms with van der Waals surface area (Å²) in [4.78, 5) is 24.6. The van der Waals surface area contributed by atoms with Gasteiger partial charge in [0.05, 0.1) is 14.2 Å². The molecule has 0 aromatic heterocycles. The van der Waals surface area contributed by atoms with E-state index in [0.717, 1.165) is 62.9 Å². The lowest BCUT2D eigenvalue weighted by molar-refractivity contribution is -0.120. The number of hydrogen-bond acceptors (Lipinski definition) is 4. The normalized spacial score (nSPS) is 20.4. The van der Waals surface area contributed by atoms with Gasteiger partial charge < -0.3 is 9.47 Å². The zero-order chi connectivity index (χ0) is 31.9. The molecule has 0 N–H and O–H groups in total. The van der Waals surface area contributed by atoms with E-state index in [1.54, 1.807) is 14.2 Å². The number of aryl methyl sites for hydroxylation is 2. The van der Waals surface area contributed by atoms with Crippen molar-refractivity contribution in [3.63, 3.8) is 0 Å². The Morgan fingerprint density at radius 2 is 1.30 bits per heavy atom. The van der Waals surface area contributed by atoms with Gasteiger partial charge in [0.2, 0.25) is 0 Å². The first-order valence-electron chi connectivity index (χ1n) is 16.7. The third kappa shape index (κ3) is 6.87. The SMILES string of the molecule is COc1ccc2c(c1)CCCC(=O)C2Cc1ccccc1.COc1ccc2c(c1)CCCC1=CC(=O)CCC12Cc1ccccc1. The van der Waals surface area contributed by atoms with Crippen molar-refractivity contribution in [3.05, 3.63) is 142 Å². The molecule has 2 atom stereocenters. The summed E-state index contributed by atoms with van der Waals surface area (Å²) in [6.07, 6.45) is 11.0. The summed E-state index contributed by atoms with van der Waals surface area (Å²) in [5.41, 5.74) is 9.07. The zero-order valence-corrected chi connectivity index (χ0v) is 27.1. The van der Waals surface area contributed by atoms with Gasteiger partial charge in [0, 0.05) is 24.2 Å². The number of ketones is 2. The first kappa shape index (κ1) is 31.5. The Morgan fingerprint density at radius 3 is 2.02 bits per heavy atom. The van der Waals surface area contributed by atoms with E-state index in [2.05, 4.69) is 72.8 Å². The van der Waals surface area contributed by atoms with Crippen LogP contribution in [0.5, 0.6) is 11.5 Å². The molecule has 0 aliphatic heterocycles. The predicted octanol–water partition coefficient (Wildman–Crippen LogP) is 8.73. The minimum atomic E-state index is -0.0482. The second kappa shape index (κ2) is 14.3. The van der Waals surface area contributed by atoms with Crippen molar-refractivity contribution >= 4 is 11.6 Å². The highest BCUT2D eigenvalue weighted by molar-refractivity contribution is 5.92. The molecule has 46 heavy (non-hydrogen) atoms.